The van der Waals surface area contributed by atoms with Crippen LogP contribution < -0.4 is 9.47 Å². The maximum Gasteiger partial charge on any atom is 0.221 e. The fraction of sp³-hybridized carbons (Fsp3) is 0.462. The van der Waals surface area contributed by atoms with Gasteiger partial charge in [-0.1, -0.05) is 0 Å². The molecule has 0 N–H and O–H groups in total. The SMILES string of the molecule is COc1ccc(OC)c(CCCCC(=O)Cl)c1. The van der Waals surface area contributed by atoms with E-state index < -0.39 is 0 Å². The van der Waals surface area contributed by atoms with E-state index in [0.717, 1.165) is 36.3 Å². The summed E-state index contributed by atoms with van der Waals surface area (Å²) in [7, 11) is 3.28. The van der Waals surface area contributed by atoms with Gasteiger partial charge in [0.1, 0.15) is 11.5 Å². The van der Waals surface area contributed by atoms with Crippen molar-refractivity contribution in [3.63, 3.8) is 0 Å². The number of carbonyl (C=O) groups is 1. The Bertz CT molecular complexity index is 377. The van der Waals surface area contributed by atoms with Crippen LogP contribution in [-0.2, 0) is 11.2 Å². The molecule has 1 rings (SSSR count). The van der Waals surface area contributed by atoms with Crippen molar-refractivity contribution in [3.05, 3.63) is 23.8 Å². The smallest absolute Gasteiger partial charge is 0.221 e. The fourth-order valence-corrected chi connectivity index (χ4v) is 1.79. The van der Waals surface area contributed by atoms with E-state index in [1.165, 1.54) is 0 Å². The summed E-state index contributed by atoms with van der Waals surface area (Å²) < 4.78 is 10.4. The molecule has 4 heteroatoms. The van der Waals surface area contributed by atoms with E-state index in [2.05, 4.69) is 0 Å². The van der Waals surface area contributed by atoms with Gasteiger partial charge in [0, 0.05) is 6.42 Å². The molecule has 0 heterocycles. The summed E-state index contributed by atoms with van der Waals surface area (Å²) in [5, 5.41) is -0.275. The normalized spacial score (nSPS) is 10.1. The van der Waals surface area contributed by atoms with Crippen molar-refractivity contribution in [1.82, 2.24) is 0 Å². The van der Waals surface area contributed by atoms with Crippen molar-refractivity contribution >= 4 is 16.8 Å². The molecule has 1 aromatic rings. The second kappa shape index (κ2) is 7.17. The Hall–Kier alpha value is -1.22. The number of aryl methyl sites for hydroxylation is 1. The van der Waals surface area contributed by atoms with Crippen molar-refractivity contribution in [2.45, 2.75) is 25.7 Å². The van der Waals surface area contributed by atoms with Crippen molar-refractivity contribution in [1.29, 1.82) is 0 Å². The zero-order valence-electron chi connectivity index (χ0n) is 10.2. The number of hydrogen-bond donors (Lipinski definition) is 0. The van der Waals surface area contributed by atoms with Gasteiger partial charge in [-0.2, -0.15) is 0 Å². The molecule has 0 atom stereocenters. The average Bonchev–Trinajstić information content (AvgIpc) is 2.34. The topological polar surface area (TPSA) is 35.5 Å². The van der Waals surface area contributed by atoms with Crippen LogP contribution in [0.5, 0.6) is 11.5 Å². The molecule has 0 radical (unpaired) electrons. The first-order valence-corrected chi connectivity index (χ1v) is 5.94. The van der Waals surface area contributed by atoms with Gasteiger partial charge in [-0.25, -0.2) is 0 Å². The molecule has 0 saturated heterocycles. The minimum atomic E-state index is -0.275. The lowest BCUT2D eigenvalue weighted by atomic mass is 10.1. The minimum Gasteiger partial charge on any atom is -0.497 e. The van der Waals surface area contributed by atoms with Crippen LogP contribution in [0.15, 0.2) is 18.2 Å². The van der Waals surface area contributed by atoms with E-state index in [0.29, 0.717) is 6.42 Å². The Morgan fingerprint density at radius 1 is 1.24 bits per heavy atom. The Morgan fingerprint density at radius 3 is 2.59 bits per heavy atom. The molecule has 0 aromatic heterocycles. The Kier molecular flexibility index (Phi) is 5.84. The molecule has 0 saturated carbocycles. The number of unbranched alkanes of at least 4 members (excludes halogenated alkanes) is 1. The monoisotopic (exact) mass is 256 g/mol. The van der Waals surface area contributed by atoms with Crippen molar-refractivity contribution < 1.29 is 14.3 Å². The number of ether oxygens (including phenoxy) is 2. The highest BCUT2D eigenvalue weighted by Crippen LogP contribution is 2.25. The van der Waals surface area contributed by atoms with Gasteiger partial charge in [0.2, 0.25) is 5.24 Å². The molecule has 3 nitrogen and oxygen atoms in total. The zero-order valence-corrected chi connectivity index (χ0v) is 10.9. The van der Waals surface area contributed by atoms with Gasteiger partial charge in [0.15, 0.2) is 0 Å². The molecule has 0 aliphatic rings. The summed E-state index contributed by atoms with van der Waals surface area (Å²) in [4.78, 5) is 10.6. The van der Waals surface area contributed by atoms with Gasteiger partial charge in [0.05, 0.1) is 14.2 Å². The number of rotatable bonds is 7. The van der Waals surface area contributed by atoms with Crippen LogP contribution >= 0.6 is 11.6 Å². The minimum absolute atomic E-state index is 0.275. The zero-order chi connectivity index (χ0) is 12.7. The van der Waals surface area contributed by atoms with Crippen molar-refractivity contribution in [2.24, 2.45) is 0 Å². The van der Waals surface area contributed by atoms with Gasteiger partial charge < -0.3 is 9.47 Å². The van der Waals surface area contributed by atoms with Crippen LogP contribution in [-0.4, -0.2) is 19.5 Å². The lowest BCUT2D eigenvalue weighted by molar-refractivity contribution is -0.111. The lowest BCUT2D eigenvalue weighted by Gasteiger charge is -2.10. The van der Waals surface area contributed by atoms with Gasteiger partial charge in [-0.3, -0.25) is 4.79 Å². The molecule has 0 aliphatic carbocycles. The molecule has 1 aromatic carbocycles. The van der Waals surface area contributed by atoms with Gasteiger partial charge >= 0.3 is 0 Å². The van der Waals surface area contributed by atoms with E-state index in [9.17, 15) is 4.79 Å². The molecule has 0 fully saturated rings. The number of methoxy groups -OCH3 is 2. The van der Waals surface area contributed by atoms with Gasteiger partial charge in [-0.15, -0.1) is 0 Å². The summed E-state index contributed by atoms with van der Waals surface area (Å²) in [6.45, 7) is 0. The highest BCUT2D eigenvalue weighted by molar-refractivity contribution is 6.63. The van der Waals surface area contributed by atoms with Gasteiger partial charge in [0.25, 0.3) is 0 Å². The third kappa shape index (κ3) is 4.65. The third-order valence-electron chi connectivity index (χ3n) is 2.56. The number of benzene rings is 1. The van der Waals surface area contributed by atoms with Crippen LogP contribution in [0.25, 0.3) is 0 Å². The van der Waals surface area contributed by atoms with Crippen LogP contribution in [0, 0.1) is 0 Å². The van der Waals surface area contributed by atoms with E-state index >= 15 is 0 Å². The van der Waals surface area contributed by atoms with E-state index in [1.54, 1.807) is 14.2 Å². The molecule has 94 valence electrons. The molecule has 0 unspecified atom stereocenters. The van der Waals surface area contributed by atoms with Crippen LogP contribution in [0.1, 0.15) is 24.8 Å². The highest BCUT2D eigenvalue weighted by atomic mass is 35.5. The molecule has 0 bridgehead atoms. The predicted molar refractivity (Wildman–Crippen MR) is 68.0 cm³/mol. The summed E-state index contributed by atoms with van der Waals surface area (Å²) in [5.74, 6) is 1.66. The van der Waals surface area contributed by atoms with Crippen LogP contribution in [0.2, 0.25) is 0 Å². The molecular formula is C13H17ClO3. The van der Waals surface area contributed by atoms with E-state index in [-0.39, 0.29) is 5.24 Å². The number of halogens is 1. The first-order chi connectivity index (χ1) is 8.17. The largest absolute Gasteiger partial charge is 0.497 e. The van der Waals surface area contributed by atoms with Crippen molar-refractivity contribution in [3.8, 4) is 11.5 Å². The third-order valence-corrected chi connectivity index (χ3v) is 2.75. The first kappa shape index (κ1) is 13.8. The summed E-state index contributed by atoms with van der Waals surface area (Å²) >= 11 is 5.28. The number of hydrogen-bond acceptors (Lipinski definition) is 3. The quantitative estimate of drug-likeness (QED) is 0.555. The second-order valence-corrected chi connectivity index (χ2v) is 4.16. The Labute approximate surface area is 107 Å². The average molecular weight is 257 g/mol. The highest BCUT2D eigenvalue weighted by Gasteiger charge is 2.05. The van der Waals surface area contributed by atoms with E-state index in [1.807, 2.05) is 18.2 Å². The van der Waals surface area contributed by atoms with Crippen molar-refractivity contribution in [2.75, 3.05) is 14.2 Å². The maximum absolute atomic E-state index is 10.6. The molecule has 17 heavy (non-hydrogen) atoms. The Balaban J connectivity index is 2.58. The lowest BCUT2D eigenvalue weighted by Crippen LogP contribution is -1.95. The van der Waals surface area contributed by atoms with Crippen LogP contribution in [0.3, 0.4) is 0 Å². The maximum atomic E-state index is 10.6. The van der Waals surface area contributed by atoms with E-state index in [4.69, 9.17) is 21.1 Å². The standard InChI is InChI=1S/C13H17ClO3/c1-16-11-7-8-12(17-2)10(9-11)5-3-4-6-13(14)15/h7-9H,3-6H2,1-2H3. The predicted octanol–water partition coefficient (Wildman–Crippen LogP) is 3.18. The molecular weight excluding hydrogens is 240 g/mol. The molecule has 0 amide bonds. The Morgan fingerprint density at radius 2 is 2.00 bits per heavy atom. The molecule has 0 spiro atoms. The second-order valence-electron chi connectivity index (χ2n) is 3.74. The summed E-state index contributed by atoms with van der Waals surface area (Å²) in [6, 6.07) is 5.72. The first-order valence-electron chi connectivity index (χ1n) is 5.56. The van der Waals surface area contributed by atoms with Crippen LogP contribution in [0.4, 0.5) is 0 Å². The fourth-order valence-electron chi connectivity index (χ4n) is 1.66. The van der Waals surface area contributed by atoms with Gasteiger partial charge in [-0.05, 0) is 54.6 Å². The number of carbonyl (C=O) groups excluding carboxylic acids is 1. The molecule has 0 aliphatic heterocycles. The summed E-state index contributed by atoms with van der Waals surface area (Å²) in [5.41, 5.74) is 1.09. The summed E-state index contributed by atoms with van der Waals surface area (Å²) in [6.07, 6.45) is 2.98.